The third-order valence-corrected chi connectivity index (χ3v) is 5.98. The van der Waals surface area contributed by atoms with Crippen molar-refractivity contribution < 1.29 is 23.8 Å². The van der Waals surface area contributed by atoms with Gasteiger partial charge in [0.15, 0.2) is 18.1 Å². The summed E-state index contributed by atoms with van der Waals surface area (Å²) in [7, 11) is 2.80. The van der Waals surface area contributed by atoms with Gasteiger partial charge in [0.05, 0.1) is 31.4 Å². The van der Waals surface area contributed by atoms with Crippen molar-refractivity contribution in [3.63, 3.8) is 0 Å². The number of esters is 1. The molecule has 0 bridgehead atoms. The molecule has 8 heteroatoms. The number of carbonyl (C=O) groups excluding carboxylic acids is 2. The number of ether oxygens (including phenoxy) is 3. The second-order valence-corrected chi connectivity index (χ2v) is 7.97. The summed E-state index contributed by atoms with van der Waals surface area (Å²) in [5, 5.41) is 12.2. The van der Waals surface area contributed by atoms with Gasteiger partial charge in [-0.1, -0.05) is 6.92 Å². The predicted octanol–water partition coefficient (Wildman–Crippen LogP) is 3.56. The van der Waals surface area contributed by atoms with E-state index in [-0.39, 0.29) is 6.61 Å². The van der Waals surface area contributed by atoms with Crippen molar-refractivity contribution in [1.29, 1.82) is 5.26 Å². The first-order valence-electron chi connectivity index (χ1n) is 9.20. The molecule has 2 aromatic rings. The van der Waals surface area contributed by atoms with Gasteiger partial charge in [0, 0.05) is 10.9 Å². The summed E-state index contributed by atoms with van der Waals surface area (Å²) in [6.07, 6.45) is 2.69. The van der Waals surface area contributed by atoms with Gasteiger partial charge in [-0.3, -0.25) is 4.79 Å². The smallest absolute Gasteiger partial charge is 0.341 e. The third kappa shape index (κ3) is 4.51. The molecular weight excluding hydrogens is 392 g/mol. The highest BCUT2D eigenvalue weighted by molar-refractivity contribution is 7.17. The van der Waals surface area contributed by atoms with Crippen LogP contribution in [0.3, 0.4) is 0 Å². The van der Waals surface area contributed by atoms with Crippen molar-refractivity contribution >= 4 is 28.2 Å². The molecule has 0 saturated carbocycles. The number of carbonyl (C=O) groups is 2. The Hall–Kier alpha value is -3.05. The Labute approximate surface area is 173 Å². The fourth-order valence-corrected chi connectivity index (χ4v) is 4.73. The van der Waals surface area contributed by atoms with Crippen molar-refractivity contribution in [3.05, 3.63) is 39.8 Å². The van der Waals surface area contributed by atoms with Gasteiger partial charge in [-0.15, -0.1) is 11.3 Å². The summed E-state index contributed by atoms with van der Waals surface area (Å²) in [5.74, 6) is 0.430. The highest BCUT2D eigenvalue weighted by Crippen LogP contribution is 2.40. The summed E-state index contributed by atoms with van der Waals surface area (Å²) in [6, 6.07) is 6.72. The first-order valence-corrected chi connectivity index (χ1v) is 10.0. The third-order valence-electron chi connectivity index (χ3n) is 4.81. The lowest BCUT2D eigenvalue weighted by molar-refractivity contribution is -0.118. The SMILES string of the molecule is COC(=O)c1c(NC(=O)COc2ccc(C#N)cc2OC)sc2c1CCC(C)C2. The van der Waals surface area contributed by atoms with Gasteiger partial charge in [-0.2, -0.15) is 5.26 Å². The topological polar surface area (TPSA) is 97.6 Å². The van der Waals surface area contributed by atoms with Crippen LogP contribution >= 0.6 is 11.3 Å². The molecule has 1 unspecified atom stereocenters. The lowest BCUT2D eigenvalue weighted by atomic mass is 9.88. The maximum absolute atomic E-state index is 12.5. The van der Waals surface area contributed by atoms with E-state index < -0.39 is 11.9 Å². The summed E-state index contributed by atoms with van der Waals surface area (Å²) in [5.41, 5.74) is 1.85. The molecule has 1 amide bonds. The molecule has 1 heterocycles. The van der Waals surface area contributed by atoms with Crippen molar-refractivity contribution in [2.45, 2.75) is 26.2 Å². The Bertz CT molecular complexity index is 976. The van der Waals surface area contributed by atoms with Gasteiger partial charge < -0.3 is 19.5 Å². The zero-order chi connectivity index (χ0) is 21.0. The van der Waals surface area contributed by atoms with E-state index in [1.54, 1.807) is 12.1 Å². The highest BCUT2D eigenvalue weighted by atomic mass is 32.1. The summed E-state index contributed by atoms with van der Waals surface area (Å²) in [4.78, 5) is 25.9. The summed E-state index contributed by atoms with van der Waals surface area (Å²) >= 11 is 1.42. The van der Waals surface area contributed by atoms with Crippen LogP contribution in [-0.4, -0.2) is 32.7 Å². The van der Waals surface area contributed by atoms with Crippen LogP contribution in [0.4, 0.5) is 5.00 Å². The fourth-order valence-electron chi connectivity index (χ4n) is 3.32. The van der Waals surface area contributed by atoms with E-state index in [0.29, 0.717) is 33.5 Å². The maximum atomic E-state index is 12.5. The highest BCUT2D eigenvalue weighted by Gasteiger charge is 2.29. The Morgan fingerprint density at radius 1 is 1.31 bits per heavy atom. The molecule has 1 atom stereocenters. The molecule has 0 radical (unpaired) electrons. The number of anilines is 1. The Morgan fingerprint density at radius 2 is 2.10 bits per heavy atom. The van der Waals surface area contributed by atoms with E-state index in [4.69, 9.17) is 19.5 Å². The average molecular weight is 414 g/mol. The number of thiophene rings is 1. The minimum absolute atomic E-state index is 0.262. The number of rotatable bonds is 6. The number of benzene rings is 1. The molecule has 0 saturated heterocycles. The Kier molecular flexibility index (Phi) is 6.39. The molecular formula is C21H22N2O5S. The zero-order valence-corrected chi connectivity index (χ0v) is 17.4. The van der Waals surface area contributed by atoms with Crippen molar-refractivity contribution in [2.24, 2.45) is 5.92 Å². The second-order valence-electron chi connectivity index (χ2n) is 6.86. The van der Waals surface area contributed by atoms with E-state index >= 15 is 0 Å². The Balaban J connectivity index is 1.74. The number of nitriles is 1. The van der Waals surface area contributed by atoms with Crippen LogP contribution in [0.25, 0.3) is 0 Å². The first kappa shape index (κ1) is 20.7. The standard InChI is InChI=1S/C21H22N2O5S/c1-12-4-6-14-17(8-12)29-20(19(14)21(25)27-3)23-18(24)11-28-15-7-5-13(10-22)9-16(15)26-2/h5,7,9,12H,4,6,8,11H2,1-3H3,(H,23,24). The van der Waals surface area contributed by atoms with Gasteiger partial charge in [-0.05, 0) is 42.9 Å². The van der Waals surface area contributed by atoms with Gasteiger partial charge in [0.1, 0.15) is 5.00 Å². The molecule has 0 spiro atoms. The minimum Gasteiger partial charge on any atom is -0.493 e. The van der Waals surface area contributed by atoms with Gasteiger partial charge >= 0.3 is 5.97 Å². The van der Waals surface area contributed by atoms with Crippen LogP contribution in [0, 0.1) is 17.2 Å². The number of hydrogen-bond donors (Lipinski definition) is 1. The fraction of sp³-hybridized carbons (Fsp3) is 0.381. The van der Waals surface area contributed by atoms with Crippen LogP contribution < -0.4 is 14.8 Å². The quantitative estimate of drug-likeness (QED) is 0.726. The lowest BCUT2D eigenvalue weighted by Crippen LogP contribution is -2.21. The van der Waals surface area contributed by atoms with Crippen LogP contribution in [-0.2, 0) is 22.4 Å². The molecule has 7 nitrogen and oxygen atoms in total. The number of hydrogen-bond acceptors (Lipinski definition) is 7. The molecule has 1 aromatic carbocycles. The second kappa shape index (κ2) is 8.97. The van der Waals surface area contributed by atoms with Crippen molar-refractivity contribution in [2.75, 3.05) is 26.1 Å². The number of methoxy groups -OCH3 is 2. The summed E-state index contributed by atoms with van der Waals surface area (Å²) in [6.45, 7) is 1.92. The van der Waals surface area contributed by atoms with Gasteiger partial charge in [-0.25, -0.2) is 4.79 Å². The van der Waals surface area contributed by atoms with E-state index in [0.717, 1.165) is 29.7 Å². The number of fused-ring (bicyclic) bond motifs is 1. The molecule has 1 N–H and O–H groups in total. The van der Waals surface area contributed by atoms with Crippen LogP contribution in [0.2, 0.25) is 0 Å². The predicted molar refractivity (Wildman–Crippen MR) is 109 cm³/mol. The zero-order valence-electron chi connectivity index (χ0n) is 16.5. The Morgan fingerprint density at radius 3 is 2.79 bits per heavy atom. The lowest BCUT2D eigenvalue weighted by Gasteiger charge is -2.18. The van der Waals surface area contributed by atoms with Gasteiger partial charge in [0.25, 0.3) is 5.91 Å². The largest absolute Gasteiger partial charge is 0.493 e. The van der Waals surface area contributed by atoms with Crippen LogP contribution in [0.5, 0.6) is 11.5 Å². The summed E-state index contributed by atoms with van der Waals surface area (Å²) < 4.78 is 15.7. The minimum atomic E-state index is -0.443. The van der Waals surface area contributed by atoms with E-state index in [2.05, 4.69) is 12.2 Å². The van der Waals surface area contributed by atoms with Gasteiger partial charge in [0.2, 0.25) is 0 Å². The average Bonchev–Trinajstić information content (AvgIpc) is 3.08. The van der Waals surface area contributed by atoms with Crippen LogP contribution in [0.1, 0.15) is 39.7 Å². The molecule has 1 aromatic heterocycles. The van der Waals surface area contributed by atoms with Crippen molar-refractivity contribution in [1.82, 2.24) is 0 Å². The molecule has 0 fully saturated rings. The van der Waals surface area contributed by atoms with E-state index in [1.165, 1.54) is 31.6 Å². The molecule has 3 rings (SSSR count). The molecule has 1 aliphatic rings. The molecule has 29 heavy (non-hydrogen) atoms. The number of amides is 1. The maximum Gasteiger partial charge on any atom is 0.341 e. The van der Waals surface area contributed by atoms with E-state index in [1.807, 2.05) is 6.07 Å². The number of nitrogens with zero attached hydrogens (tertiary/aromatic N) is 1. The first-order chi connectivity index (χ1) is 14.0. The molecule has 0 aliphatic heterocycles. The van der Waals surface area contributed by atoms with Crippen LogP contribution in [0.15, 0.2) is 18.2 Å². The van der Waals surface area contributed by atoms with Crippen molar-refractivity contribution in [3.8, 4) is 17.6 Å². The van der Waals surface area contributed by atoms with E-state index in [9.17, 15) is 9.59 Å². The normalized spacial score (nSPS) is 15.0. The monoisotopic (exact) mass is 414 g/mol. The molecule has 1 aliphatic carbocycles. The number of nitrogens with one attached hydrogen (secondary N) is 1. The molecule has 152 valence electrons.